The Morgan fingerprint density at radius 1 is 1.41 bits per heavy atom. The van der Waals surface area contributed by atoms with Gasteiger partial charge in [-0.25, -0.2) is 4.79 Å². The molecular formula is C12H16BrNO3. The number of halogens is 1. The lowest BCUT2D eigenvalue weighted by Crippen LogP contribution is -2.15. The maximum absolute atomic E-state index is 11.4. The van der Waals surface area contributed by atoms with Gasteiger partial charge < -0.3 is 9.47 Å². The summed E-state index contributed by atoms with van der Waals surface area (Å²) in [6.45, 7) is 2.40. The molecule has 1 rings (SSSR count). The molecule has 1 atom stereocenters. The fourth-order valence-corrected chi connectivity index (χ4v) is 1.33. The quantitative estimate of drug-likeness (QED) is 0.848. The van der Waals surface area contributed by atoms with E-state index in [2.05, 4.69) is 21.2 Å². The molecule has 17 heavy (non-hydrogen) atoms. The molecule has 1 amide bonds. The van der Waals surface area contributed by atoms with Gasteiger partial charge >= 0.3 is 6.09 Å². The van der Waals surface area contributed by atoms with Gasteiger partial charge in [-0.1, -0.05) is 22.9 Å². The Bertz CT molecular complexity index is 351. The minimum Gasteiger partial charge on any atom is -0.497 e. The van der Waals surface area contributed by atoms with Crippen LogP contribution in [0.1, 0.15) is 13.3 Å². The van der Waals surface area contributed by atoms with E-state index in [9.17, 15) is 4.79 Å². The fourth-order valence-electron chi connectivity index (χ4n) is 1.14. The van der Waals surface area contributed by atoms with Crippen LogP contribution in [-0.2, 0) is 4.74 Å². The highest BCUT2D eigenvalue weighted by Crippen LogP contribution is 2.15. The molecule has 0 aliphatic heterocycles. The monoisotopic (exact) mass is 301 g/mol. The Morgan fingerprint density at radius 2 is 2.06 bits per heavy atom. The van der Waals surface area contributed by atoms with Gasteiger partial charge in [-0.15, -0.1) is 0 Å². The average Bonchev–Trinajstić information content (AvgIpc) is 2.29. The van der Waals surface area contributed by atoms with Crippen LogP contribution in [0, 0.1) is 0 Å². The first-order chi connectivity index (χ1) is 8.11. The highest BCUT2D eigenvalue weighted by Gasteiger charge is 2.04. The maximum Gasteiger partial charge on any atom is 0.411 e. The number of carbonyl (C=O) groups excluding carboxylic acids is 1. The van der Waals surface area contributed by atoms with Crippen molar-refractivity contribution in [3.8, 4) is 5.75 Å². The molecule has 0 saturated carbocycles. The van der Waals surface area contributed by atoms with Crippen LogP contribution < -0.4 is 10.1 Å². The third-order valence-electron chi connectivity index (χ3n) is 2.09. The molecule has 4 nitrogen and oxygen atoms in total. The molecule has 1 aromatic rings. The van der Waals surface area contributed by atoms with E-state index in [1.807, 2.05) is 6.92 Å². The van der Waals surface area contributed by atoms with E-state index in [1.165, 1.54) is 0 Å². The van der Waals surface area contributed by atoms with Gasteiger partial charge in [-0.2, -0.15) is 0 Å². The summed E-state index contributed by atoms with van der Waals surface area (Å²) in [6.07, 6.45) is 0.346. The maximum atomic E-state index is 11.4. The first kappa shape index (κ1) is 13.8. The summed E-state index contributed by atoms with van der Waals surface area (Å²) < 4.78 is 10.0. The number of hydrogen-bond donors (Lipinski definition) is 1. The Hall–Kier alpha value is -1.23. The van der Waals surface area contributed by atoms with Crippen molar-refractivity contribution in [2.45, 2.75) is 18.2 Å². The third-order valence-corrected chi connectivity index (χ3v) is 2.54. The van der Waals surface area contributed by atoms with Crippen LogP contribution in [0.4, 0.5) is 10.5 Å². The average molecular weight is 302 g/mol. The molecule has 0 aliphatic rings. The van der Waals surface area contributed by atoms with E-state index in [4.69, 9.17) is 9.47 Å². The van der Waals surface area contributed by atoms with Crippen LogP contribution in [0.15, 0.2) is 24.3 Å². The van der Waals surface area contributed by atoms with Gasteiger partial charge in [-0.3, -0.25) is 5.32 Å². The summed E-state index contributed by atoms with van der Waals surface area (Å²) in [6, 6.07) is 7.06. The zero-order valence-electron chi connectivity index (χ0n) is 9.90. The molecule has 0 heterocycles. The van der Waals surface area contributed by atoms with Gasteiger partial charge in [-0.05, 0) is 30.7 Å². The van der Waals surface area contributed by atoms with Crippen LogP contribution in [0.5, 0.6) is 5.75 Å². The Morgan fingerprint density at radius 3 is 2.59 bits per heavy atom. The molecule has 0 unspecified atom stereocenters. The van der Waals surface area contributed by atoms with Gasteiger partial charge in [0.2, 0.25) is 0 Å². The zero-order valence-corrected chi connectivity index (χ0v) is 11.5. The first-order valence-electron chi connectivity index (χ1n) is 5.33. The second-order valence-electron chi connectivity index (χ2n) is 3.56. The summed E-state index contributed by atoms with van der Waals surface area (Å²) in [4.78, 5) is 11.7. The predicted molar refractivity (Wildman–Crippen MR) is 71.0 cm³/mol. The minimum atomic E-state index is -0.441. The summed E-state index contributed by atoms with van der Waals surface area (Å²) in [7, 11) is 1.60. The lowest BCUT2D eigenvalue weighted by Gasteiger charge is -2.08. The highest BCUT2D eigenvalue weighted by molar-refractivity contribution is 9.09. The molecule has 5 heteroatoms. The van der Waals surface area contributed by atoms with Crippen molar-refractivity contribution in [1.29, 1.82) is 0 Å². The number of amides is 1. The van der Waals surface area contributed by atoms with Crippen molar-refractivity contribution in [2.24, 2.45) is 0 Å². The molecule has 0 saturated heterocycles. The van der Waals surface area contributed by atoms with E-state index in [-0.39, 0.29) is 0 Å². The molecule has 1 aromatic carbocycles. The third kappa shape index (κ3) is 5.58. The summed E-state index contributed by atoms with van der Waals surface area (Å²) in [5.41, 5.74) is 0.683. The van der Waals surface area contributed by atoms with Gasteiger partial charge in [0.1, 0.15) is 5.75 Å². The molecule has 0 fully saturated rings. The number of anilines is 1. The van der Waals surface area contributed by atoms with Gasteiger partial charge in [0, 0.05) is 10.5 Å². The van der Waals surface area contributed by atoms with Crippen LogP contribution in [-0.4, -0.2) is 24.6 Å². The summed E-state index contributed by atoms with van der Waals surface area (Å²) in [5, 5.41) is 2.63. The second-order valence-corrected chi connectivity index (χ2v) is 5.12. The standard InChI is InChI=1S/C12H16BrNO3/c1-9(13)7-8-17-12(15)14-10-3-5-11(16-2)6-4-10/h3-6,9H,7-8H2,1-2H3,(H,14,15)/t9-/m0/s1. The molecule has 94 valence electrons. The normalized spacial score (nSPS) is 11.7. The number of alkyl halides is 1. The number of ether oxygens (including phenoxy) is 2. The van der Waals surface area contributed by atoms with Crippen LogP contribution in [0.3, 0.4) is 0 Å². The summed E-state index contributed by atoms with van der Waals surface area (Å²) in [5.74, 6) is 0.747. The van der Waals surface area contributed by atoms with Crippen molar-refractivity contribution >= 4 is 27.7 Å². The van der Waals surface area contributed by atoms with E-state index >= 15 is 0 Å². The molecule has 0 spiro atoms. The van der Waals surface area contributed by atoms with Crippen molar-refractivity contribution in [1.82, 2.24) is 0 Å². The molecular weight excluding hydrogens is 286 g/mol. The smallest absolute Gasteiger partial charge is 0.411 e. The van der Waals surface area contributed by atoms with Crippen molar-refractivity contribution in [2.75, 3.05) is 19.0 Å². The van der Waals surface area contributed by atoms with Gasteiger partial charge in [0.05, 0.1) is 13.7 Å². The number of hydrogen-bond acceptors (Lipinski definition) is 3. The molecule has 0 aliphatic carbocycles. The first-order valence-corrected chi connectivity index (χ1v) is 6.25. The predicted octanol–water partition coefficient (Wildman–Crippen LogP) is 3.42. The van der Waals surface area contributed by atoms with Crippen LogP contribution in [0.25, 0.3) is 0 Å². The van der Waals surface area contributed by atoms with Crippen molar-refractivity contribution < 1.29 is 14.3 Å². The van der Waals surface area contributed by atoms with Gasteiger partial charge in [0.15, 0.2) is 0 Å². The molecule has 1 N–H and O–H groups in total. The number of nitrogens with one attached hydrogen (secondary N) is 1. The number of benzene rings is 1. The number of rotatable bonds is 5. The lowest BCUT2D eigenvalue weighted by molar-refractivity contribution is 0.160. The Balaban J connectivity index is 2.34. The Kier molecular flexibility index (Phi) is 5.83. The van der Waals surface area contributed by atoms with Gasteiger partial charge in [0.25, 0.3) is 0 Å². The SMILES string of the molecule is COc1ccc(NC(=O)OCC[C@H](C)Br)cc1. The second kappa shape index (κ2) is 7.17. The minimum absolute atomic E-state index is 0.344. The summed E-state index contributed by atoms with van der Waals surface area (Å²) >= 11 is 3.38. The molecule has 0 radical (unpaired) electrons. The number of methoxy groups -OCH3 is 1. The van der Waals surface area contributed by atoms with Crippen molar-refractivity contribution in [3.63, 3.8) is 0 Å². The zero-order chi connectivity index (χ0) is 12.7. The fraction of sp³-hybridized carbons (Fsp3) is 0.417. The van der Waals surface area contributed by atoms with E-state index in [0.717, 1.165) is 12.2 Å². The number of carbonyl (C=O) groups is 1. The topological polar surface area (TPSA) is 47.6 Å². The van der Waals surface area contributed by atoms with Crippen molar-refractivity contribution in [3.05, 3.63) is 24.3 Å². The van der Waals surface area contributed by atoms with Crippen LogP contribution >= 0.6 is 15.9 Å². The lowest BCUT2D eigenvalue weighted by atomic mass is 10.3. The molecule has 0 aromatic heterocycles. The largest absolute Gasteiger partial charge is 0.497 e. The highest BCUT2D eigenvalue weighted by atomic mass is 79.9. The van der Waals surface area contributed by atoms with E-state index in [1.54, 1.807) is 31.4 Å². The van der Waals surface area contributed by atoms with Crippen LogP contribution in [0.2, 0.25) is 0 Å². The Labute approximate surface area is 109 Å². The van der Waals surface area contributed by atoms with E-state index in [0.29, 0.717) is 17.1 Å². The van der Waals surface area contributed by atoms with E-state index < -0.39 is 6.09 Å². The molecule has 0 bridgehead atoms.